The van der Waals surface area contributed by atoms with Crippen LogP contribution in [-0.2, 0) is 0 Å². The molecule has 0 aliphatic carbocycles. The number of hydrogen-bond donors (Lipinski definition) is 0. The van der Waals surface area contributed by atoms with Crippen LogP contribution in [0.2, 0.25) is 0 Å². The van der Waals surface area contributed by atoms with Crippen molar-refractivity contribution in [2.75, 3.05) is 6.54 Å². The number of hydroxylamine groups is 2. The van der Waals surface area contributed by atoms with Crippen molar-refractivity contribution in [1.29, 1.82) is 0 Å². The van der Waals surface area contributed by atoms with Crippen LogP contribution >= 0.6 is 0 Å². The average Bonchev–Trinajstić information content (AvgIpc) is 2.75. The van der Waals surface area contributed by atoms with E-state index in [4.69, 9.17) is 0 Å². The Bertz CT molecular complexity index is 342. The fourth-order valence-electron chi connectivity index (χ4n) is 4.57. The van der Waals surface area contributed by atoms with Crippen LogP contribution in [0.4, 0.5) is 0 Å². The summed E-state index contributed by atoms with van der Waals surface area (Å²) in [5.74, 6) is 0. The Labute approximate surface area is 197 Å². The van der Waals surface area contributed by atoms with Gasteiger partial charge in [-0.1, -0.05) is 149 Å². The molecule has 0 aromatic heterocycles. The predicted octanol–water partition coefficient (Wildman–Crippen LogP) is 10.6. The molecule has 0 aromatic carbocycles. The normalized spacial score (nSPS) is 12.2. The molecule has 0 amide bonds. The number of rotatable bonds is 25. The predicted molar refractivity (Wildman–Crippen MR) is 142 cm³/mol. The van der Waals surface area contributed by atoms with E-state index in [9.17, 15) is 5.21 Å². The zero-order valence-electron chi connectivity index (χ0n) is 22.3. The summed E-state index contributed by atoms with van der Waals surface area (Å²) in [6.07, 6.45) is 30.9. The third kappa shape index (κ3) is 21.5. The third-order valence-corrected chi connectivity index (χ3v) is 7.03. The molecule has 0 fully saturated rings. The van der Waals surface area contributed by atoms with E-state index in [2.05, 4.69) is 27.7 Å². The lowest BCUT2D eigenvalue weighted by Gasteiger charge is -2.44. The topological polar surface area (TPSA) is 26.3 Å². The third-order valence-electron chi connectivity index (χ3n) is 7.03. The molecule has 0 rings (SSSR count). The lowest BCUT2D eigenvalue weighted by molar-refractivity contribution is 0.165. The van der Waals surface area contributed by atoms with Crippen molar-refractivity contribution in [2.24, 2.45) is 0 Å². The van der Waals surface area contributed by atoms with Crippen LogP contribution < -0.4 is 0 Å². The smallest absolute Gasteiger partial charge is 0.00329 e. The summed E-state index contributed by atoms with van der Waals surface area (Å²) in [6.45, 7) is 9.58. The second-order valence-corrected chi connectivity index (χ2v) is 10.7. The highest BCUT2D eigenvalue weighted by Crippen LogP contribution is 2.23. The Morgan fingerprint density at radius 1 is 0.452 bits per heavy atom. The summed E-state index contributed by atoms with van der Waals surface area (Å²) < 4.78 is 0. The van der Waals surface area contributed by atoms with E-state index in [0.717, 1.165) is 19.4 Å². The first kappa shape index (κ1) is 30.9. The summed E-state index contributed by atoms with van der Waals surface area (Å²) in [5, 5.41) is 13.9. The summed E-state index contributed by atoms with van der Waals surface area (Å²) in [4.78, 5) is 0. The van der Waals surface area contributed by atoms with Crippen LogP contribution in [0.15, 0.2) is 0 Å². The zero-order valence-corrected chi connectivity index (χ0v) is 22.3. The minimum Gasteiger partial charge on any atom is -0.785 e. The fourth-order valence-corrected chi connectivity index (χ4v) is 4.57. The first-order chi connectivity index (χ1) is 15.0. The van der Waals surface area contributed by atoms with Gasteiger partial charge in [-0.2, -0.15) is 0 Å². The largest absolute Gasteiger partial charge is 0.785 e. The molecule has 0 atom stereocenters. The van der Waals surface area contributed by atoms with Crippen LogP contribution in [0.3, 0.4) is 0 Å². The SMILES string of the molecule is CCCCCCCCCCCCCCC(C)(C)N([O-])CCCCCCCCCCCC. The van der Waals surface area contributed by atoms with Gasteiger partial charge in [-0.05, 0) is 33.2 Å². The van der Waals surface area contributed by atoms with Gasteiger partial charge in [0.25, 0.3) is 0 Å². The second kappa shape index (κ2) is 23.1. The van der Waals surface area contributed by atoms with E-state index in [1.54, 1.807) is 0 Å². The molecule has 0 heterocycles. The highest BCUT2D eigenvalue weighted by molar-refractivity contribution is 4.81. The van der Waals surface area contributed by atoms with E-state index in [-0.39, 0.29) is 5.54 Å². The van der Waals surface area contributed by atoms with Gasteiger partial charge in [0.15, 0.2) is 0 Å². The van der Waals surface area contributed by atoms with Crippen LogP contribution in [0, 0.1) is 5.21 Å². The van der Waals surface area contributed by atoms with Crippen molar-refractivity contribution in [3.63, 3.8) is 0 Å². The molecule has 0 saturated carbocycles. The molecule has 31 heavy (non-hydrogen) atoms. The maximum absolute atomic E-state index is 12.5. The molecule has 0 aliphatic rings. The highest BCUT2D eigenvalue weighted by Gasteiger charge is 2.18. The van der Waals surface area contributed by atoms with Crippen LogP contribution in [-0.4, -0.2) is 17.1 Å². The van der Waals surface area contributed by atoms with Gasteiger partial charge in [0, 0.05) is 5.54 Å². The van der Waals surface area contributed by atoms with Crippen LogP contribution in [0.5, 0.6) is 0 Å². The van der Waals surface area contributed by atoms with Crippen molar-refractivity contribution < 1.29 is 0 Å². The molecule has 0 N–H and O–H groups in total. The molecular weight excluding hydrogens is 378 g/mol. The quantitative estimate of drug-likeness (QED) is 0.105. The van der Waals surface area contributed by atoms with E-state index >= 15 is 0 Å². The van der Waals surface area contributed by atoms with Gasteiger partial charge in [-0.15, -0.1) is 0 Å². The maximum atomic E-state index is 12.5. The first-order valence-corrected chi connectivity index (χ1v) is 14.5. The van der Waals surface area contributed by atoms with Crippen molar-refractivity contribution >= 4 is 0 Å². The number of unbranched alkanes of at least 4 members (excludes halogenated alkanes) is 20. The molecule has 188 valence electrons. The Balaban J connectivity index is 3.47. The summed E-state index contributed by atoms with van der Waals surface area (Å²) >= 11 is 0. The van der Waals surface area contributed by atoms with E-state index < -0.39 is 0 Å². The molecule has 0 aromatic rings. The Hall–Kier alpha value is -0.0800. The lowest BCUT2D eigenvalue weighted by Crippen LogP contribution is -2.40. The molecule has 0 bridgehead atoms. The molecular formula is C29H60NO-. The molecule has 2 nitrogen and oxygen atoms in total. The zero-order chi connectivity index (χ0) is 23.0. The Morgan fingerprint density at radius 2 is 0.742 bits per heavy atom. The summed E-state index contributed by atoms with van der Waals surface area (Å²) in [7, 11) is 0. The Kier molecular flexibility index (Phi) is 23.0. The number of hydrogen-bond acceptors (Lipinski definition) is 2. The van der Waals surface area contributed by atoms with Crippen LogP contribution in [0.25, 0.3) is 0 Å². The van der Waals surface area contributed by atoms with Crippen molar-refractivity contribution in [1.82, 2.24) is 5.06 Å². The van der Waals surface area contributed by atoms with Gasteiger partial charge in [0.05, 0.1) is 0 Å². The summed E-state index contributed by atoms with van der Waals surface area (Å²) in [5.41, 5.74) is -0.183. The Morgan fingerprint density at radius 3 is 1.10 bits per heavy atom. The van der Waals surface area contributed by atoms with Gasteiger partial charge in [0.2, 0.25) is 0 Å². The monoisotopic (exact) mass is 438 g/mol. The minimum absolute atomic E-state index is 0.183. The summed E-state index contributed by atoms with van der Waals surface area (Å²) in [6, 6.07) is 0. The molecule has 0 spiro atoms. The van der Waals surface area contributed by atoms with Crippen molar-refractivity contribution in [3.05, 3.63) is 5.21 Å². The van der Waals surface area contributed by atoms with Crippen molar-refractivity contribution in [2.45, 2.75) is 181 Å². The second-order valence-electron chi connectivity index (χ2n) is 10.7. The van der Waals surface area contributed by atoms with E-state index in [0.29, 0.717) is 0 Å². The average molecular weight is 439 g/mol. The van der Waals surface area contributed by atoms with Gasteiger partial charge in [-0.3, -0.25) is 0 Å². The maximum Gasteiger partial charge on any atom is 0.00329 e. The molecule has 2 heteroatoms. The fraction of sp³-hybridized carbons (Fsp3) is 1.00. The molecule has 0 radical (unpaired) electrons. The van der Waals surface area contributed by atoms with Gasteiger partial charge in [-0.25, -0.2) is 0 Å². The van der Waals surface area contributed by atoms with E-state index in [1.165, 1.54) is 140 Å². The highest BCUT2D eigenvalue weighted by atomic mass is 16.5. The van der Waals surface area contributed by atoms with Gasteiger partial charge >= 0.3 is 0 Å². The minimum atomic E-state index is -0.183. The van der Waals surface area contributed by atoms with Gasteiger partial charge in [0.1, 0.15) is 0 Å². The van der Waals surface area contributed by atoms with Gasteiger partial charge < -0.3 is 10.3 Å². The standard InChI is InChI=1S/C29H60NO/c1-5-7-9-11-13-15-17-18-19-21-23-25-27-29(3,4)30(31)28-26-24-22-20-16-14-12-10-8-6-2/h5-28H2,1-4H3/q-1. The molecule has 0 aliphatic heterocycles. The first-order valence-electron chi connectivity index (χ1n) is 14.5. The van der Waals surface area contributed by atoms with Crippen LogP contribution in [0.1, 0.15) is 175 Å². The molecule has 0 unspecified atom stereocenters. The molecule has 0 saturated heterocycles. The number of nitrogens with zero attached hydrogens (tertiary/aromatic N) is 1. The lowest BCUT2D eigenvalue weighted by atomic mass is 9.95. The van der Waals surface area contributed by atoms with E-state index in [1.807, 2.05) is 0 Å². The van der Waals surface area contributed by atoms with Crippen molar-refractivity contribution in [3.8, 4) is 0 Å².